The molecule has 0 aliphatic carbocycles. The minimum Gasteiger partial charge on any atom is -0.459 e. The number of nitrogens with zero attached hydrogens (tertiary/aromatic N) is 5. The second-order valence-corrected chi connectivity index (χ2v) is 24.2. The zero-order chi connectivity index (χ0) is 53.8. The molecule has 1 aromatic carbocycles. The number of cyclic esters (lactones) is 1. The van der Waals surface area contributed by atoms with Crippen LogP contribution in [0.25, 0.3) is 0 Å². The van der Waals surface area contributed by atoms with Gasteiger partial charge in [-0.3, -0.25) is 4.79 Å². The van der Waals surface area contributed by atoms with Crippen molar-refractivity contribution in [3.63, 3.8) is 0 Å². The molecule has 2 aromatic rings. The maximum atomic E-state index is 14.4. The Bertz CT molecular complexity index is 2150. The van der Waals surface area contributed by atoms with E-state index in [1.807, 2.05) is 37.7 Å². The first-order chi connectivity index (χ1) is 33.5. The molecular weight excluding hydrogens is 958 g/mol. The number of benzene rings is 1. The number of aliphatic hydroxyl groups excluding tert-OH is 3. The molecule has 4 heterocycles. The van der Waals surface area contributed by atoms with E-state index in [2.05, 4.69) is 10.3 Å². The van der Waals surface area contributed by atoms with Crippen LogP contribution in [0.15, 0.2) is 35.4 Å². The van der Waals surface area contributed by atoms with E-state index in [0.29, 0.717) is 31.6 Å². The summed E-state index contributed by atoms with van der Waals surface area (Å²) in [7, 11) is 1.79. The highest BCUT2D eigenvalue weighted by Crippen LogP contribution is 2.40. The lowest BCUT2D eigenvalue weighted by Crippen LogP contribution is -2.61. The number of carbonyl (C=O) groups excluding carboxylic acids is 1. The molecule has 3 aliphatic rings. The fraction of sp³-hybridized carbons (Fsp3) is 0.824. The largest absolute Gasteiger partial charge is 0.459 e. The predicted molar refractivity (Wildman–Crippen MR) is 265 cm³/mol. The topological polar surface area (TPSA) is 245 Å². The summed E-state index contributed by atoms with van der Waals surface area (Å²) in [6, 6.07) is 4.66. The second-order valence-electron chi connectivity index (χ2n) is 21.9. The summed E-state index contributed by atoms with van der Waals surface area (Å²) in [4.78, 5) is 18.4. The Morgan fingerprint density at radius 2 is 1.62 bits per heavy atom. The maximum absolute atomic E-state index is 14.4. The Morgan fingerprint density at radius 3 is 2.24 bits per heavy atom. The average Bonchev–Trinajstić information content (AvgIpc) is 3.80. The summed E-state index contributed by atoms with van der Waals surface area (Å²) < 4.78 is 78.5. The fourth-order valence-corrected chi connectivity index (χ4v) is 11.7. The van der Waals surface area contributed by atoms with Crippen molar-refractivity contribution >= 4 is 15.8 Å². The highest BCUT2D eigenvalue weighted by Gasteiger charge is 2.52. The number of aliphatic hydroxyl groups is 5. The van der Waals surface area contributed by atoms with Crippen LogP contribution in [0.4, 0.5) is 4.39 Å². The standard InChI is InChI=1S/C51H86FN5O14S/c1-15-72(64,65)39-18-16-36(17-19-39)23-38(26-52)57-28-37(53-54-57)20-21-55(12)40-22-30(3)67-48(42(40)58)71-46-31(4)43(70-41-25-50(10,66-14)45(60)34(7)68-41)32(5)47(61)69-35(8)51(11,63)44(59)33(6)56(13)27-29(2)24-49(46,9)62/h16-19,28-35,38,40-46,48,58-60,62-63H,15,20-27H2,1-14H3/t29-,30-,31+,32-,33-,34+,35-,38+,40+,41+,42-,43+,44-,45+,46-,48+,49-,50-,51-/m1/s1. The monoisotopic (exact) mass is 1040 g/mol. The van der Waals surface area contributed by atoms with E-state index in [1.165, 1.54) is 37.8 Å². The first-order valence-electron chi connectivity index (χ1n) is 25.5. The Balaban J connectivity index is 1.41. The molecular formula is C51H86FN5O14S. The van der Waals surface area contributed by atoms with Gasteiger partial charge in [0, 0.05) is 57.2 Å². The second kappa shape index (κ2) is 24.5. The van der Waals surface area contributed by atoms with Crippen LogP contribution >= 0.6 is 0 Å². The summed E-state index contributed by atoms with van der Waals surface area (Å²) in [5.74, 6) is -2.94. The van der Waals surface area contributed by atoms with Gasteiger partial charge in [-0.15, -0.1) is 5.10 Å². The van der Waals surface area contributed by atoms with Crippen molar-refractivity contribution < 1.29 is 71.6 Å². The van der Waals surface area contributed by atoms with Gasteiger partial charge in [0.1, 0.15) is 36.7 Å². The van der Waals surface area contributed by atoms with E-state index in [4.69, 9.17) is 28.4 Å². The Labute approximate surface area is 426 Å². The van der Waals surface area contributed by atoms with E-state index < -0.39 is 131 Å². The number of methoxy groups -OCH3 is 1. The summed E-state index contributed by atoms with van der Waals surface area (Å²) in [6.07, 6.45) is -7.43. The van der Waals surface area contributed by atoms with Crippen molar-refractivity contribution in [1.29, 1.82) is 0 Å². The Hall–Kier alpha value is -2.77. The lowest BCUT2D eigenvalue weighted by Gasteiger charge is -2.49. The van der Waals surface area contributed by atoms with Crippen molar-refractivity contribution in [3.05, 3.63) is 41.7 Å². The lowest BCUT2D eigenvalue weighted by molar-refractivity contribution is -0.318. The van der Waals surface area contributed by atoms with Gasteiger partial charge < -0.3 is 63.8 Å². The minimum atomic E-state index is -3.37. The van der Waals surface area contributed by atoms with Gasteiger partial charge in [0.2, 0.25) is 0 Å². The van der Waals surface area contributed by atoms with Crippen molar-refractivity contribution in [2.24, 2.45) is 17.8 Å². The first kappa shape index (κ1) is 60.1. The van der Waals surface area contributed by atoms with Crippen LogP contribution in [0.2, 0.25) is 0 Å². The SMILES string of the molecule is CCS(=O)(=O)c1ccc(C[C@@H](CF)n2cc(CCN(C)[C@H]3C[C@@H](C)O[C@@H](O[C@@H]4[C@@H](C)[C@H](O[C@H]5C[C@@](C)(OC)[C@@H](O)[C@H](C)O5)[C@@H](C)C(=O)O[C@H](C)[C@@](C)(O)[C@H](O)[C@@H](C)N(C)C[C@H](C)C[C@@]4(C)O)[C@@H]3O)nn2)cc1. The smallest absolute Gasteiger partial charge is 0.311 e. The van der Waals surface area contributed by atoms with E-state index in [0.717, 1.165) is 5.56 Å². The summed E-state index contributed by atoms with van der Waals surface area (Å²) in [5, 5.41) is 67.8. The van der Waals surface area contributed by atoms with Crippen LogP contribution in [0.1, 0.15) is 113 Å². The van der Waals surface area contributed by atoms with Gasteiger partial charge in [-0.25, -0.2) is 17.5 Å². The molecule has 3 aliphatic heterocycles. The van der Waals surface area contributed by atoms with E-state index >= 15 is 0 Å². The van der Waals surface area contributed by atoms with Crippen molar-refractivity contribution in [2.45, 2.75) is 210 Å². The molecule has 1 aromatic heterocycles. The van der Waals surface area contributed by atoms with Crippen molar-refractivity contribution in [2.75, 3.05) is 46.7 Å². The highest BCUT2D eigenvalue weighted by atomic mass is 32.2. The fourth-order valence-electron chi connectivity index (χ4n) is 10.8. The number of alkyl halides is 1. The molecule has 412 valence electrons. The molecule has 5 rings (SSSR count). The number of esters is 1. The number of hydrogen-bond acceptors (Lipinski definition) is 18. The third kappa shape index (κ3) is 14.0. The molecule has 72 heavy (non-hydrogen) atoms. The molecule has 3 fully saturated rings. The Morgan fingerprint density at radius 1 is 0.972 bits per heavy atom. The molecule has 3 saturated heterocycles. The molecule has 0 unspecified atom stereocenters. The number of likely N-dealkylation sites (N-methyl/N-ethyl adjacent to an activating group) is 2. The van der Waals surface area contributed by atoms with Crippen LogP contribution in [-0.2, 0) is 55.9 Å². The third-order valence-electron chi connectivity index (χ3n) is 15.9. The summed E-state index contributed by atoms with van der Waals surface area (Å²) >= 11 is 0. The number of carbonyl (C=O) groups is 1. The normalized spacial score (nSPS) is 39.8. The summed E-state index contributed by atoms with van der Waals surface area (Å²) in [5.41, 5.74) is -3.26. The predicted octanol–water partition coefficient (Wildman–Crippen LogP) is 3.26. The third-order valence-corrected chi connectivity index (χ3v) is 17.7. The number of halogens is 1. The van der Waals surface area contributed by atoms with Gasteiger partial charge in [0.05, 0.1) is 63.9 Å². The van der Waals surface area contributed by atoms with E-state index in [1.54, 1.807) is 66.8 Å². The molecule has 5 N–H and O–H groups in total. The van der Waals surface area contributed by atoms with Crippen molar-refractivity contribution in [3.8, 4) is 0 Å². The minimum absolute atomic E-state index is 0.0189. The van der Waals surface area contributed by atoms with E-state index in [-0.39, 0.29) is 35.8 Å². The summed E-state index contributed by atoms with van der Waals surface area (Å²) in [6.45, 7) is 18.7. The molecule has 0 amide bonds. The highest BCUT2D eigenvalue weighted by molar-refractivity contribution is 7.91. The van der Waals surface area contributed by atoms with Gasteiger partial charge in [0.15, 0.2) is 22.4 Å². The molecule has 0 radical (unpaired) electrons. The van der Waals surface area contributed by atoms with Gasteiger partial charge in [-0.05, 0) is 112 Å². The van der Waals surface area contributed by atoms with Gasteiger partial charge >= 0.3 is 5.97 Å². The number of aromatic nitrogens is 3. The van der Waals surface area contributed by atoms with Crippen LogP contribution in [0, 0.1) is 17.8 Å². The first-order valence-corrected chi connectivity index (χ1v) is 27.2. The number of sulfone groups is 1. The average molecular weight is 1040 g/mol. The zero-order valence-corrected chi connectivity index (χ0v) is 45.7. The molecule has 21 heteroatoms. The van der Waals surface area contributed by atoms with Gasteiger partial charge in [0.25, 0.3) is 0 Å². The molecule has 0 spiro atoms. The maximum Gasteiger partial charge on any atom is 0.311 e. The van der Waals surface area contributed by atoms with Crippen LogP contribution in [0.3, 0.4) is 0 Å². The number of rotatable bonds is 15. The van der Waals surface area contributed by atoms with Gasteiger partial charge in [-0.2, -0.15) is 0 Å². The molecule has 0 saturated carbocycles. The van der Waals surface area contributed by atoms with Crippen LogP contribution < -0.4 is 0 Å². The zero-order valence-electron chi connectivity index (χ0n) is 44.9. The molecule has 19 atom stereocenters. The molecule has 0 bridgehead atoms. The van der Waals surface area contributed by atoms with Crippen LogP contribution in [-0.4, -0.2) is 202 Å². The Kier molecular flexibility index (Phi) is 20.4. The van der Waals surface area contributed by atoms with E-state index in [9.17, 15) is 43.1 Å². The van der Waals surface area contributed by atoms with Gasteiger partial charge in [-0.1, -0.05) is 38.1 Å². The van der Waals surface area contributed by atoms with Crippen LogP contribution in [0.5, 0.6) is 0 Å². The molecule has 19 nitrogen and oxygen atoms in total. The number of hydrogen-bond donors (Lipinski definition) is 5. The lowest BCUT2D eigenvalue weighted by atomic mass is 9.77. The number of ether oxygens (including phenoxy) is 6. The van der Waals surface area contributed by atoms with Crippen molar-refractivity contribution in [1.82, 2.24) is 24.8 Å². The quantitative estimate of drug-likeness (QED) is 0.161.